The summed E-state index contributed by atoms with van der Waals surface area (Å²) in [5.41, 5.74) is 2.75. The highest BCUT2D eigenvalue weighted by Gasteiger charge is 2.17. The van der Waals surface area contributed by atoms with Crippen molar-refractivity contribution in [2.75, 3.05) is 6.54 Å². The van der Waals surface area contributed by atoms with Crippen LogP contribution in [-0.2, 0) is 0 Å². The van der Waals surface area contributed by atoms with Crippen molar-refractivity contribution in [2.24, 2.45) is 0 Å². The number of halogens is 3. The molecule has 4 heteroatoms. The summed E-state index contributed by atoms with van der Waals surface area (Å²) in [5, 5.41) is 4.12. The number of nitrogens with one attached hydrogen (secondary N) is 1. The van der Waals surface area contributed by atoms with Crippen LogP contribution >= 0.6 is 27.5 Å². The zero-order chi connectivity index (χ0) is 15.4. The number of rotatable bonds is 5. The Morgan fingerprint density at radius 1 is 1.24 bits per heavy atom. The lowest BCUT2D eigenvalue weighted by molar-refractivity contribution is 0.584. The van der Waals surface area contributed by atoms with Gasteiger partial charge in [-0.05, 0) is 60.8 Å². The SMILES string of the molecule is CCCNC(c1cc(C)cc(F)c1)c1ccc(Br)cc1Cl. The van der Waals surface area contributed by atoms with Crippen LogP contribution in [0.25, 0.3) is 0 Å². The van der Waals surface area contributed by atoms with Gasteiger partial charge >= 0.3 is 0 Å². The molecule has 2 aromatic rings. The highest BCUT2D eigenvalue weighted by atomic mass is 79.9. The lowest BCUT2D eigenvalue weighted by Gasteiger charge is -2.21. The predicted molar refractivity (Wildman–Crippen MR) is 90.4 cm³/mol. The van der Waals surface area contributed by atoms with Crippen molar-refractivity contribution in [3.05, 3.63) is 68.4 Å². The van der Waals surface area contributed by atoms with Gasteiger partial charge in [-0.3, -0.25) is 0 Å². The first-order valence-corrected chi connectivity index (χ1v) is 8.13. The topological polar surface area (TPSA) is 12.0 Å². The van der Waals surface area contributed by atoms with E-state index in [9.17, 15) is 4.39 Å². The van der Waals surface area contributed by atoms with Gasteiger partial charge in [0, 0.05) is 9.50 Å². The summed E-state index contributed by atoms with van der Waals surface area (Å²) in [6.45, 7) is 4.84. The fourth-order valence-corrected chi connectivity index (χ4v) is 3.15. The second kappa shape index (κ2) is 7.39. The van der Waals surface area contributed by atoms with Crippen molar-refractivity contribution in [1.82, 2.24) is 5.32 Å². The quantitative estimate of drug-likeness (QED) is 0.718. The lowest BCUT2D eigenvalue weighted by Crippen LogP contribution is -2.23. The fourth-order valence-electron chi connectivity index (χ4n) is 2.36. The second-order valence-corrected chi connectivity index (χ2v) is 6.44. The highest BCUT2D eigenvalue weighted by molar-refractivity contribution is 9.10. The Morgan fingerprint density at radius 2 is 2.00 bits per heavy atom. The molecule has 0 spiro atoms. The first-order chi connectivity index (χ1) is 10.0. The number of benzene rings is 2. The molecule has 2 aromatic carbocycles. The van der Waals surface area contributed by atoms with E-state index >= 15 is 0 Å². The molecule has 0 fully saturated rings. The molecule has 0 saturated carbocycles. The minimum absolute atomic E-state index is 0.111. The molecule has 0 amide bonds. The Morgan fingerprint density at radius 3 is 2.62 bits per heavy atom. The molecule has 0 aliphatic carbocycles. The predicted octanol–water partition coefficient (Wildman–Crippen LogP) is 5.64. The molecule has 21 heavy (non-hydrogen) atoms. The summed E-state index contributed by atoms with van der Waals surface area (Å²) in [7, 11) is 0. The van der Waals surface area contributed by atoms with Crippen LogP contribution in [0.3, 0.4) is 0 Å². The van der Waals surface area contributed by atoms with Gasteiger partial charge in [0.05, 0.1) is 6.04 Å². The van der Waals surface area contributed by atoms with E-state index in [4.69, 9.17) is 11.6 Å². The van der Waals surface area contributed by atoms with Crippen molar-refractivity contribution in [3.8, 4) is 0 Å². The molecule has 0 aromatic heterocycles. The van der Waals surface area contributed by atoms with Gasteiger partial charge in [0.1, 0.15) is 5.82 Å². The van der Waals surface area contributed by atoms with Crippen LogP contribution < -0.4 is 5.32 Å². The lowest BCUT2D eigenvalue weighted by atomic mass is 9.97. The van der Waals surface area contributed by atoms with E-state index in [0.29, 0.717) is 5.02 Å². The maximum absolute atomic E-state index is 13.7. The van der Waals surface area contributed by atoms with Crippen LogP contribution in [0.15, 0.2) is 40.9 Å². The number of hydrogen-bond acceptors (Lipinski definition) is 1. The molecular weight excluding hydrogens is 353 g/mol. The van der Waals surface area contributed by atoms with E-state index in [2.05, 4.69) is 28.2 Å². The van der Waals surface area contributed by atoms with E-state index in [-0.39, 0.29) is 11.9 Å². The monoisotopic (exact) mass is 369 g/mol. The van der Waals surface area contributed by atoms with Crippen molar-refractivity contribution in [2.45, 2.75) is 26.3 Å². The Balaban J connectivity index is 2.46. The van der Waals surface area contributed by atoms with Gasteiger partial charge in [0.15, 0.2) is 0 Å². The normalized spacial score (nSPS) is 12.4. The Bertz CT molecular complexity index is 610. The molecule has 0 aliphatic rings. The summed E-state index contributed by atoms with van der Waals surface area (Å²) in [4.78, 5) is 0. The molecule has 0 bridgehead atoms. The minimum Gasteiger partial charge on any atom is -0.306 e. The van der Waals surface area contributed by atoms with Gasteiger partial charge < -0.3 is 5.32 Å². The Hall–Kier alpha value is -0.900. The minimum atomic E-state index is -0.221. The molecule has 0 radical (unpaired) electrons. The maximum atomic E-state index is 13.7. The maximum Gasteiger partial charge on any atom is 0.123 e. The molecule has 1 nitrogen and oxygen atoms in total. The van der Waals surface area contributed by atoms with Gasteiger partial charge in [-0.1, -0.05) is 46.6 Å². The molecule has 112 valence electrons. The van der Waals surface area contributed by atoms with Crippen molar-refractivity contribution >= 4 is 27.5 Å². The third-order valence-corrected chi connectivity index (χ3v) is 4.09. The number of aryl methyl sites for hydroxylation is 1. The largest absolute Gasteiger partial charge is 0.306 e. The zero-order valence-corrected chi connectivity index (χ0v) is 14.4. The first-order valence-electron chi connectivity index (χ1n) is 6.96. The highest BCUT2D eigenvalue weighted by Crippen LogP contribution is 2.31. The van der Waals surface area contributed by atoms with Crippen LogP contribution in [0.2, 0.25) is 5.02 Å². The average molecular weight is 371 g/mol. The standard InChI is InChI=1S/C17H18BrClFN/c1-3-6-21-17(12-7-11(2)8-14(20)9-12)15-5-4-13(18)10-16(15)19/h4-5,7-10,17,21H,3,6H2,1-2H3. The number of hydrogen-bond donors (Lipinski definition) is 1. The van der Waals surface area contributed by atoms with Gasteiger partial charge in [-0.15, -0.1) is 0 Å². The zero-order valence-electron chi connectivity index (χ0n) is 12.1. The van der Waals surface area contributed by atoms with Crippen molar-refractivity contribution in [1.29, 1.82) is 0 Å². The molecule has 1 unspecified atom stereocenters. The summed E-state index contributed by atoms with van der Waals surface area (Å²) in [6.07, 6.45) is 0.999. The van der Waals surface area contributed by atoms with E-state index in [0.717, 1.165) is 34.1 Å². The third kappa shape index (κ3) is 4.29. The van der Waals surface area contributed by atoms with Crippen molar-refractivity contribution in [3.63, 3.8) is 0 Å². The van der Waals surface area contributed by atoms with Gasteiger partial charge in [-0.2, -0.15) is 0 Å². The molecule has 2 rings (SSSR count). The Labute approximate surface area is 138 Å². The van der Waals surface area contributed by atoms with Gasteiger partial charge in [0.2, 0.25) is 0 Å². The van der Waals surface area contributed by atoms with E-state index < -0.39 is 0 Å². The second-order valence-electron chi connectivity index (χ2n) is 5.11. The van der Waals surface area contributed by atoms with Crippen LogP contribution in [-0.4, -0.2) is 6.54 Å². The smallest absolute Gasteiger partial charge is 0.123 e. The molecule has 0 heterocycles. The summed E-state index contributed by atoms with van der Waals surface area (Å²) >= 11 is 9.78. The van der Waals surface area contributed by atoms with Crippen LogP contribution in [0.5, 0.6) is 0 Å². The molecular formula is C17H18BrClFN. The molecule has 0 saturated heterocycles. The first kappa shape index (κ1) is 16.5. The van der Waals surface area contributed by atoms with Crippen LogP contribution in [0, 0.1) is 12.7 Å². The molecule has 1 atom stereocenters. The van der Waals surface area contributed by atoms with E-state index in [1.807, 2.05) is 31.2 Å². The van der Waals surface area contributed by atoms with Crippen LogP contribution in [0.4, 0.5) is 4.39 Å². The summed E-state index contributed by atoms with van der Waals surface area (Å²) in [5.74, 6) is -0.221. The molecule has 1 N–H and O–H groups in total. The summed E-state index contributed by atoms with van der Waals surface area (Å²) in [6, 6.07) is 10.8. The van der Waals surface area contributed by atoms with E-state index in [1.165, 1.54) is 6.07 Å². The average Bonchev–Trinajstić information content (AvgIpc) is 2.40. The van der Waals surface area contributed by atoms with Crippen LogP contribution in [0.1, 0.15) is 36.1 Å². The fraction of sp³-hybridized carbons (Fsp3) is 0.294. The van der Waals surface area contributed by atoms with Gasteiger partial charge in [0.25, 0.3) is 0 Å². The molecule has 0 aliphatic heterocycles. The van der Waals surface area contributed by atoms with Crippen molar-refractivity contribution < 1.29 is 4.39 Å². The van der Waals surface area contributed by atoms with E-state index in [1.54, 1.807) is 6.07 Å². The summed E-state index contributed by atoms with van der Waals surface area (Å²) < 4.78 is 14.7. The Kier molecular flexibility index (Phi) is 5.80. The van der Waals surface area contributed by atoms with Gasteiger partial charge in [-0.25, -0.2) is 4.39 Å². The third-order valence-electron chi connectivity index (χ3n) is 3.27.